The normalized spacial score (nSPS) is 13.2. The molecule has 10 heteroatoms. The van der Waals surface area contributed by atoms with Crippen LogP contribution in [0, 0.1) is 0 Å². The standard InChI is InChI=1S/C21H20ClN5O3S/c1-2-21(20(28)29,8-13-3-6-19(23)24-9-13)17-11-27(12-25-17)10-14-7-15(30-26-14)16-4-5-18(22)31-16/h3-7,9,11-12H,2,8,10H2,1H3,(H2,23,24)(H,28,29)/t21-/m1/s1. The number of carboxylic acids is 1. The number of hydrogen-bond acceptors (Lipinski definition) is 7. The van der Waals surface area contributed by atoms with Crippen molar-refractivity contribution in [1.82, 2.24) is 19.7 Å². The van der Waals surface area contributed by atoms with Crippen LogP contribution in [0.2, 0.25) is 4.34 Å². The zero-order chi connectivity index (χ0) is 22.0. The summed E-state index contributed by atoms with van der Waals surface area (Å²) >= 11 is 7.39. The molecule has 0 aromatic carbocycles. The van der Waals surface area contributed by atoms with Gasteiger partial charge in [-0.1, -0.05) is 29.7 Å². The second-order valence-corrected chi connectivity index (χ2v) is 8.94. The number of aliphatic carboxylic acids is 1. The quantitative estimate of drug-likeness (QED) is 0.405. The van der Waals surface area contributed by atoms with Crippen LogP contribution in [0.4, 0.5) is 5.82 Å². The Morgan fingerprint density at radius 3 is 2.81 bits per heavy atom. The van der Waals surface area contributed by atoms with Gasteiger partial charge in [0.05, 0.1) is 27.8 Å². The summed E-state index contributed by atoms with van der Waals surface area (Å²) in [6.45, 7) is 2.24. The van der Waals surface area contributed by atoms with Gasteiger partial charge in [0.1, 0.15) is 16.9 Å². The zero-order valence-corrected chi connectivity index (χ0v) is 18.2. The monoisotopic (exact) mass is 457 g/mol. The number of rotatable bonds is 8. The van der Waals surface area contributed by atoms with Crippen LogP contribution in [-0.4, -0.2) is 30.8 Å². The minimum atomic E-state index is -1.17. The average Bonchev–Trinajstić information content (AvgIpc) is 3.49. The van der Waals surface area contributed by atoms with E-state index in [1.807, 2.05) is 19.1 Å². The highest BCUT2D eigenvalue weighted by molar-refractivity contribution is 7.19. The predicted molar refractivity (Wildman–Crippen MR) is 118 cm³/mol. The third-order valence-electron chi connectivity index (χ3n) is 5.21. The summed E-state index contributed by atoms with van der Waals surface area (Å²) in [5, 5.41) is 14.2. The number of nitrogens with two attached hydrogens (primary N) is 1. The smallest absolute Gasteiger partial charge is 0.316 e. The van der Waals surface area contributed by atoms with E-state index in [9.17, 15) is 9.90 Å². The van der Waals surface area contributed by atoms with E-state index in [1.165, 1.54) is 11.3 Å². The lowest BCUT2D eigenvalue weighted by Gasteiger charge is -2.26. The number of nitrogen functional groups attached to an aromatic ring is 1. The number of carbonyl (C=O) groups is 1. The summed E-state index contributed by atoms with van der Waals surface area (Å²) in [5.74, 6) is 0.0918. The van der Waals surface area contributed by atoms with Gasteiger partial charge in [-0.05, 0) is 36.6 Å². The van der Waals surface area contributed by atoms with E-state index in [0.29, 0.717) is 40.3 Å². The highest BCUT2D eigenvalue weighted by Gasteiger charge is 2.41. The van der Waals surface area contributed by atoms with Crippen molar-refractivity contribution in [2.24, 2.45) is 0 Å². The molecule has 0 radical (unpaired) electrons. The van der Waals surface area contributed by atoms with Crippen molar-refractivity contribution in [3.05, 3.63) is 70.3 Å². The first-order valence-electron chi connectivity index (χ1n) is 9.57. The van der Waals surface area contributed by atoms with Gasteiger partial charge >= 0.3 is 5.97 Å². The fraction of sp³-hybridized carbons (Fsp3) is 0.238. The predicted octanol–water partition coefficient (Wildman–Crippen LogP) is 4.25. The van der Waals surface area contributed by atoms with E-state index in [1.54, 1.807) is 41.5 Å². The lowest BCUT2D eigenvalue weighted by atomic mass is 9.77. The molecule has 0 bridgehead atoms. The number of carboxylic acid groups (broad SMARTS) is 1. The largest absolute Gasteiger partial charge is 0.481 e. The van der Waals surface area contributed by atoms with Gasteiger partial charge in [0.25, 0.3) is 0 Å². The van der Waals surface area contributed by atoms with Crippen molar-refractivity contribution >= 4 is 34.7 Å². The minimum absolute atomic E-state index is 0.260. The number of aromatic nitrogens is 4. The lowest BCUT2D eigenvalue weighted by Crippen LogP contribution is -2.38. The minimum Gasteiger partial charge on any atom is -0.481 e. The second-order valence-electron chi connectivity index (χ2n) is 7.23. The first-order chi connectivity index (χ1) is 14.9. The Kier molecular flexibility index (Phi) is 5.79. The van der Waals surface area contributed by atoms with E-state index in [-0.39, 0.29) is 6.42 Å². The average molecular weight is 458 g/mol. The summed E-state index contributed by atoms with van der Waals surface area (Å²) in [5.41, 5.74) is 6.43. The van der Waals surface area contributed by atoms with E-state index in [2.05, 4.69) is 15.1 Å². The van der Waals surface area contributed by atoms with Crippen LogP contribution in [0.15, 0.2) is 53.6 Å². The van der Waals surface area contributed by atoms with Crippen molar-refractivity contribution in [2.75, 3.05) is 5.73 Å². The van der Waals surface area contributed by atoms with Crippen LogP contribution < -0.4 is 5.73 Å². The number of imidazole rings is 1. The molecular formula is C21H20ClN5O3S. The number of halogens is 1. The lowest BCUT2D eigenvalue weighted by molar-refractivity contribution is -0.144. The molecule has 0 spiro atoms. The highest BCUT2D eigenvalue weighted by atomic mass is 35.5. The van der Waals surface area contributed by atoms with Gasteiger partial charge in [-0.25, -0.2) is 9.97 Å². The van der Waals surface area contributed by atoms with Crippen LogP contribution in [-0.2, 0) is 23.2 Å². The molecule has 0 fully saturated rings. The topological polar surface area (TPSA) is 120 Å². The van der Waals surface area contributed by atoms with Crippen LogP contribution in [0.3, 0.4) is 0 Å². The maximum Gasteiger partial charge on any atom is 0.316 e. The van der Waals surface area contributed by atoms with E-state index in [4.69, 9.17) is 21.9 Å². The Hall–Kier alpha value is -3.17. The number of hydrogen-bond donors (Lipinski definition) is 2. The Morgan fingerprint density at radius 2 is 2.16 bits per heavy atom. The molecule has 3 N–H and O–H groups in total. The summed E-state index contributed by atoms with van der Waals surface area (Å²) in [6, 6.07) is 8.98. The maximum absolute atomic E-state index is 12.3. The van der Waals surface area contributed by atoms with Crippen LogP contribution >= 0.6 is 22.9 Å². The van der Waals surface area contributed by atoms with E-state index < -0.39 is 11.4 Å². The van der Waals surface area contributed by atoms with Crippen molar-refractivity contribution in [3.63, 3.8) is 0 Å². The van der Waals surface area contributed by atoms with Crippen LogP contribution in [0.5, 0.6) is 0 Å². The maximum atomic E-state index is 12.3. The second kappa shape index (κ2) is 8.52. The first kappa shape index (κ1) is 21.1. The van der Waals surface area contributed by atoms with E-state index >= 15 is 0 Å². The molecule has 4 aromatic heterocycles. The molecule has 8 nitrogen and oxygen atoms in total. The number of anilines is 1. The molecule has 31 heavy (non-hydrogen) atoms. The fourth-order valence-corrected chi connectivity index (χ4v) is 4.44. The van der Waals surface area contributed by atoms with Gasteiger partial charge in [-0.15, -0.1) is 11.3 Å². The van der Waals surface area contributed by atoms with Gasteiger partial charge in [0.2, 0.25) is 0 Å². The molecule has 0 aliphatic carbocycles. The highest BCUT2D eigenvalue weighted by Crippen LogP contribution is 2.33. The molecule has 0 aliphatic heterocycles. The Morgan fingerprint density at radius 1 is 1.32 bits per heavy atom. The van der Waals surface area contributed by atoms with Gasteiger partial charge in [-0.2, -0.15) is 0 Å². The van der Waals surface area contributed by atoms with Crippen LogP contribution in [0.1, 0.15) is 30.3 Å². The third kappa shape index (κ3) is 4.33. The van der Waals surface area contributed by atoms with Gasteiger partial charge in [0, 0.05) is 18.5 Å². The molecule has 0 aliphatic rings. The fourth-order valence-electron chi connectivity index (χ4n) is 3.45. The number of thiophene rings is 1. The summed E-state index contributed by atoms with van der Waals surface area (Å²) in [7, 11) is 0. The van der Waals surface area contributed by atoms with Crippen molar-refractivity contribution in [2.45, 2.75) is 31.7 Å². The Balaban J connectivity index is 1.57. The van der Waals surface area contributed by atoms with Crippen molar-refractivity contribution in [3.8, 4) is 10.6 Å². The first-order valence-corrected chi connectivity index (χ1v) is 10.8. The Labute approximate surface area is 187 Å². The van der Waals surface area contributed by atoms with Gasteiger partial charge in [0.15, 0.2) is 5.76 Å². The van der Waals surface area contributed by atoms with Crippen molar-refractivity contribution < 1.29 is 14.4 Å². The molecule has 0 saturated carbocycles. The molecule has 0 saturated heterocycles. The molecule has 160 valence electrons. The van der Waals surface area contributed by atoms with Crippen molar-refractivity contribution in [1.29, 1.82) is 0 Å². The summed E-state index contributed by atoms with van der Waals surface area (Å²) in [6.07, 6.45) is 5.60. The Bertz CT molecular complexity index is 1200. The number of nitrogens with zero attached hydrogens (tertiary/aromatic N) is 4. The van der Waals surface area contributed by atoms with Gasteiger partial charge < -0.3 is 19.9 Å². The molecular weight excluding hydrogens is 438 g/mol. The SMILES string of the molecule is CC[C@](Cc1ccc(N)nc1)(C(=O)O)c1cn(Cc2cc(-c3ccc(Cl)s3)on2)cn1. The summed E-state index contributed by atoms with van der Waals surface area (Å²) in [4.78, 5) is 21.7. The summed E-state index contributed by atoms with van der Waals surface area (Å²) < 4.78 is 7.89. The third-order valence-corrected chi connectivity index (χ3v) is 6.46. The molecule has 4 heterocycles. The molecule has 0 amide bonds. The number of pyridine rings is 1. The zero-order valence-electron chi connectivity index (χ0n) is 16.7. The molecule has 1 atom stereocenters. The molecule has 4 rings (SSSR count). The molecule has 0 unspecified atom stereocenters. The van der Waals surface area contributed by atoms with Gasteiger partial charge in [-0.3, -0.25) is 4.79 Å². The molecule has 4 aromatic rings. The van der Waals surface area contributed by atoms with E-state index in [0.717, 1.165) is 10.4 Å². The van der Waals surface area contributed by atoms with Crippen LogP contribution in [0.25, 0.3) is 10.6 Å².